The van der Waals surface area contributed by atoms with Crippen molar-refractivity contribution in [3.63, 3.8) is 0 Å². The van der Waals surface area contributed by atoms with Crippen LogP contribution in [0.2, 0.25) is 0 Å². The summed E-state index contributed by atoms with van der Waals surface area (Å²) in [5.41, 5.74) is 3.79. The summed E-state index contributed by atoms with van der Waals surface area (Å²) in [6.07, 6.45) is 0. The number of hydrogen-bond acceptors (Lipinski definition) is 5. The highest BCUT2D eigenvalue weighted by Crippen LogP contribution is 2.26. The van der Waals surface area contributed by atoms with E-state index in [9.17, 15) is 0 Å². The lowest BCUT2D eigenvalue weighted by Gasteiger charge is -2.03. The summed E-state index contributed by atoms with van der Waals surface area (Å²) in [5, 5.41) is 15.0. The molecule has 1 aromatic heterocycles. The number of nitrogens with zero attached hydrogens (tertiary/aromatic N) is 2. The van der Waals surface area contributed by atoms with E-state index in [4.69, 9.17) is 10.00 Å². The zero-order valence-electron chi connectivity index (χ0n) is 12.6. The summed E-state index contributed by atoms with van der Waals surface area (Å²) >= 11 is 1.58. The fourth-order valence-electron chi connectivity index (χ4n) is 2.12. The van der Waals surface area contributed by atoms with E-state index in [1.54, 1.807) is 18.4 Å². The number of aromatic nitrogens is 1. The molecular formula is C18H15N3OS. The minimum Gasteiger partial charge on any atom is -0.497 e. The minimum absolute atomic E-state index is 0.671. The van der Waals surface area contributed by atoms with Crippen molar-refractivity contribution in [2.45, 2.75) is 6.54 Å². The number of nitriles is 1. The molecule has 0 fully saturated rings. The molecule has 1 heterocycles. The molecule has 3 aromatic rings. The van der Waals surface area contributed by atoms with Crippen molar-refractivity contribution in [2.24, 2.45) is 0 Å². The number of benzene rings is 2. The maximum atomic E-state index is 8.80. The molecule has 2 aromatic carbocycles. The maximum Gasteiger partial charge on any atom is 0.183 e. The molecule has 1 N–H and O–H groups in total. The molecule has 3 rings (SSSR count). The first kappa shape index (κ1) is 15.1. The molecule has 0 saturated carbocycles. The van der Waals surface area contributed by atoms with E-state index in [2.05, 4.69) is 16.4 Å². The van der Waals surface area contributed by atoms with Crippen LogP contribution in [0.4, 0.5) is 5.13 Å². The summed E-state index contributed by atoms with van der Waals surface area (Å²) in [5.74, 6) is 0.836. The van der Waals surface area contributed by atoms with Crippen LogP contribution in [-0.4, -0.2) is 12.1 Å². The fourth-order valence-corrected chi connectivity index (χ4v) is 2.84. The number of ether oxygens (including phenoxy) is 1. The van der Waals surface area contributed by atoms with Gasteiger partial charge in [-0.15, -0.1) is 11.3 Å². The van der Waals surface area contributed by atoms with Gasteiger partial charge in [-0.05, 0) is 42.0 Å². The molecule has 0 aliphatic carbocycles. The van der Waals surface area contributed by atoms with Gasteiger partial charge in [0.2, 0.25) is 0 Å². The molecule has 5 heteroatoms. The van der Waals surface area contributed by atoms with E-state index < -0.39 is 0 Å². The lowest BCUT2D eigenvalue weighted by molar-refractivity contribution is 0.415. The third-order valence-electron chi connectivity index (χ3n) is 3.42. The molecule has 0 saturated heterocycles. The summed E-state index contributed by atoms with van der Waals surface area (Å²) in [7, 11) is 1.66. The monoisotopic (exact) mass is 321 g/mol. The smallest absolute Gasteiger partial charge is 0.183 e. The molecule has 114 valence electrons. The lowest BCUT2D eigenvalue weighted by Crippen LogP contribution is -1.98. The van der Waals surface area contributed by atoms with Crippen molar-refractivity contribution in [2.75, 3.05) is 12.4 Å². The predicted octanol–water partition coefficient (Wildman–Crippen LogP) is 4.30. The van der Waals surface area contributed by atoms with Crippen LogP contribution in [-0.2, 0) is 6.54 Å². The van der Waals surface area contributed by atoms with Crippen LogP contribution in [0.25, 0.3) is 11.3 Å². The second kappa shape index (κ2) is 6.95. The van der Waals surface area contributed by atoms with Crippen LogP contribution < -0.4 is 10.1 Å². The van der Waals surface area contributed by atoms with Crippen LogP contribution >= 0.6 is 11.3 Å². The number of methoxy groups -OCH3 is 1. The van der Waals surface area contributed by atoms with Gasteiger partial charge in [-0.1, -0.05) is 12.1 Å². The summed E-state index contributed by atoms with van der Waals surface area (Å²) < 4.78 is 5.16. The Morgan fingerprint density at radius 2 is 1.87 bits per heavy atom. The number of thiazole rings is 1. The van der Waals surface area contributed by atoms with Crippen LogP contribution in [0.15, 0.2) is 53.9 Å². The molecule has 0 aliphatic rings. The van der Waals surface area contributed by atoms with Crippen molar-refractivity contribution in [3.8, 4) is 23.1 Å². The molecule has 0 unspecified atom stereocenters. The lowest BCUT2D eigenvalue weighted by atomic mass is 10.1. The molecule has 0 spiro atoms. The van der Waals surface area contributed by atoms with E-state index in [1.807, 2.05) is 53.9 Å². The standard InChI is InChI=1S/C18H15N3OS/c1-22-16-8-6-15(7-9-16)17-12-23-18(21-17)20-11-14-4-2-13(10-19)3-5-14/h2-9,12H,11H2,1H3,(H,20,21). The van der Waals surface area contributed by atoms with Crippen LogP contribution in [0.3, 0.4) is 0 Å². The van der Waals surface area contributed by atoms with Gasteiger partial charge in [-0.3, -0.25) is 0 Å². The van der Waals surface area contributed by atoms with Crippen molar-refractivity contribution in [1.82, 2.24) is 4.98 Å². The first-order valence-corrected chi connectivity index (χ1v) is 7.99. The fraction of sp³-hybridized carbons (Fsp3) is 0.111. The Hall–Kier alpha value is -2.84. The Labute approximate surface area is 139 Å². The number of rotatable bonds is 5. The summed E-state index contributed by atoms with van der Waals surface area (Å²) in [6, 6.07) is 17.5. The van der Waals surface area contributed by atoms with Gasteiger partial charge in [-0.2, -0.15) is 5.26 Å². The number of hydrogen-bond donors (Lipinski definition) is 1. The molecular weight excluding hydrogens is 306 g/mol. The number of nitrogens with one attached hydrogen (secondary N) is 1. The SMILES string of the molecule is COc1ccc(-c2csc(NCc3ccc(C#N)cc3)n2)cc1. The highest BCUT2D eigenvalue weighted by Gasteiger charge is 2.05. The van der Waals surface area contributed by atoms with E-state index in [1.165, 1.54) is 0 Å². The molecule has 0 aliphatic heterocycles. The van der Waals surface area contributed by atoms with E-state index in [0.717, 1.165) is 27.7 Å². The Bertz CT molecular complexity index is 817. The highest BCUT2D eigenvalue weighted by molar-refractivity contribution is 7.14. The van der Waals surface area contributed by atoms with Gasteiger partial charge >= 0.3 is 0 Å². The van der Waals surface area contributed by atoms with Crippen molar-refractivity contribution in [3.05, 3.63) is 65.0 Å². The summed E-state index contributed by atoms with van der Waals surface area (Å²) in [6.45, 7) is 0.682. The van der Waals surface area contributed by atoms with Crippen molar-refractivity contribution in [1.29, 1.82) is 5.26 Å². The highest BCUT2D eigenvalue weighted by atomic mass is 32.1. The van der Waals surface area contributed by atoms with Crippen LogP contribution in [0, 0.1) is 11.3 Å². The quantitative estimate of drug-likeness (QED) is 0.761. The average Bonchev–Trinajstić information content (AvgIpc) is 3.09. The largest absolute Gasteiger partial charge is 0.497 e. The Kier molecular flexibility index (Phi) is 4.55. The Morgan fingerprint density at radius 1 is 1.13 bits per heavy atom. The molecule has 4 nitrogen and oxygen atoms in total. The van der Waals surface area contributed by atoms with Crippen molar-refractivity contribution < 1.29 is 4.74 Å². The predicted molar refractivity (Wildman–Crippen MR) is 92.6 cm³/mol. The van der Waals surface area contributed by atoms with Gasteiger partial charge in [0.05, 0.1) is 24.4 Å². The first-order chi connectivity index (χ1) is 11.3. The molecule has 0 atom stereocenters. The second-order valence-corrected chi connectivity index (χ2v) is 5.79. The summed E-state index contributed by atoms with van der Waals surface area (Å²) in [4.78, 5) is 4.60. The zero-order chi connectivity index (χ0) is 16.1. The topological polar surface area (TPSA) is 57.9 Å². The third kappa shape index (κ3) is 3.68. The van der Waals surface area contributed by atoms with E-state index in [-0.39, 0.29) is 0 Å². The van der Waals surface area contributed by atoms with E-state index in [0.29, 0.717) is 12.1 Å². The Balaban J connectivity index is 1.65. The normalized spacial score (nSPS) is 10.1. The average molecular weight is 321 g/mol. The van der Waals surface area contributed by atoms with Gasteiger partial charge in [0.15, 0.2) is 5.13 Å². The molecule has 0 amide bonds. The first-order valence-electron chi connectivity index (χ1n) is 7.11. The van der Waals surface area contributed by atoms with E-state index >= 15 is 0 Å². The second-order valence-electron chi connectivity index (χ2n) is 4.93. The van der Waals surface area contributed by atoms with Gasteiger partial charge in [0.1, 0.15) is 5.75 Å². The zero-order valence-corrected chi connectivity index (χ0v) is 13.4. The van der Waals surface area contributed by atoms with Gasteiger partial charge in [0.25, 0.3) is 0 Å². The molecule has 0 bridgehead atoms. The minimum atomic E-state index is 0.671. The maximum absolute atomic E-state index is 8.80. The van der Waals surface area contributed by atoms with Gasteiger partial charge in [0, 0.05) is 17.5 Å². The Morgan fingerprint density at radius 3 is 2.52 bits per heavy atom. The van der Waals surface area contributed by atoms with Gasteiger partial charge < -0.3 is 10.1 Å². The van der Waals surface area contributed by atoms with Gasteiger partial charge in [-0.25, -0.2) is 4.98 Å². The van der Waals surface area contributed by atoms with Crippen LogP contribution in [0.1, 0.15) is 11.1 Å². The van der Waals surface area contributed by atoms with Crippen molar-refractivity contribution >= 4 is 16.5 Å². The number of anilines is 1. The van der Waals surface area contributed by atoms with Crippen LogP contribution in [0.5, 0.6) is 5.75 Å². The third-order valence-corrected chi connectivity index (χ3v) is 4.22. The molecule has 23 heavy (non-hydrogen) atoms. The molecule has 0 radical (unpaired) electrons.